The van der Waals surface area contributed by atoms with Gasteiger partial charge in [-0.25, -0.2) is 0 Å². The van der Waals surface area contributed by atoms with Gasteiger partial charge in [0.15, 0.2) is 0 Å². The number of hydrogen-bond donors (Lipinski definition) is 1. The summed E-state index contributed by atoms with van der Waals surface area (Å²) in [5, 5.41) is 0. The highest BCUT2D eigenvalue weighted by Gasteiger charge is 2.06. The van der Waals surface area contributed by atoms with Crippen LogP contribution in [0.5, 0.6) is 5.75 Å². The molecule has 4 heteroatoms. The number of benzene rings is 1. The van der Waals surface area contributed by atoms with Crippen molar-refractivity contribution in [2.24, 2.45) is 5.73 Å². The van der Waals surface area contributed by atoms with Gasteiger partial charge < -0.3 is 10.5 Å². The Morgan fingerprint density at radius 1 is 1.36 bits per heavy atom. The lowest BCUT2D eigenvalue weighted by Crippen LogP contribution is -1.91. The molecule has 1 aromatic carbocycles. The van der Waals surface area contributed by atoms with E-state index in [1.54, 1.807) is 7.11 Å². The van der Waals surface area contributed by atoms with Crippen LogP contribution < -0.4 is 10.5 Å². The van der Waals surface area contributed by atoms with Gasteiger partial charge in [-0.1, -0.05) is 0 Å². The van der Waals surface area contributed by atoms with E-state index in [1.807, 2.05) is 25.1 Å². The molecular weight excluding hydrogens is 310 g/mol. The molecule has 0 fully saturated rings. The molecule has 0 aliphatic carbocycles. The standard InChI is InChI=1S/C10H11Br2NO/c1-6(13)3-7-4-8(11)10(14-2)9(12)5-7/h3-5H,13H2,1-2H3/b6-3+. The van der Waals surface area contributed by atoms with Crippen LogP contribution in [-0.2, 0) is 0 Å². The summed E-state index contributed by atoms with van der Waals surface area (Å²) in [6, 6.07) is 3.92. The van der Waals surface area contributed by atoms with E-state index < -0.39 is 0 Å². The number of rotatable bonds is 2. The normalized spacial score (nSPS) is 11.6. The SMILES string of the molecule is COc1c(Br)cc(/C=C(\C)N)cc1Br. The molecule has 14 heavy (non-hydrogen) atoms. The minimum Gasteiger partial charge on any atom is -0.494 e. The first-order valence-corrected chi connectivity index (χ1v) is 5.60. The summed E-state index contributed by atoms with van der Waals surface area (Å²) < 4.78 is 7.00. The molecule has 0 bridgehead atoms. The van der Waals surface area contributed by atoms with Gasteiger partial charge in [0.25, 0.3) is 0 Å². The lowest BCUT2D eigenvalue weighted by Gasteiger charge is -2.07. The van der Waals surface area contributed by atoms with Gasteiger partial charge in [0.2, 0.25) is 0 Å². The molecule has 1 rings (SSSR count). The second-order valence-corrected chi connectivity index (χ2v) is 4.61. The third kappa shape index (κ3) is 2.75. The molecule has 1 aromatic rings. The Balaban J connectivity index is 3.21. The Morgan fingerprint density at radius 2 is 1.86 bits per heavy atom. The van der Waals surface area contributed by atoms with Crippen LogP contribution in [0.1, 0.15) is 12.5 Å². The van der Waals surface area contributed by atoms with Crippen LogP contribution in [0.4, 0.5) is 0 Å². The van der Waals surface area contributed by atoms with Crippen LogP contribution in [-0.4, -0.2) is 7.11 Å². The molecule has 2 N–H and O–H groups in total. The Kier molecular flexibility index (Phi) is 4.01. The molecule has 0 saturated heterocycles. The summed E-state index contributed by atoms with van der Waals surface area (Å²) >= 11 is 6.85. The molecule has 0 aliphatic rings. The second kappa shape index (κ2) is 4.84. The average molecular weight is 321 g/mol. The molecule has 0 saturated carbocycles. The zero-order valence-electron chi connectivity index (χ0n) is 7.97. The topological polar surface area (TPSA) is 35.2 Å². The number of hydrogen-bond acceptors (Lipinski definition) is 2. The van der Waals surface area contributed by atoms with E-state index in [2.05, 4.69) is 31.9 Å². The van der Waals surface area contributed by atoms with Crippen molar-refractivity contribution in [1.82, 2.24) is 0 Å². The van der Waals surface area contributed by atoms with E-state index in [-0.39, 0.29) is 0 Å². The van der Waals surface area contributed by atoms with Gasteiger partial charge in [-0.15, -0.1) is 0 Å². The second-order valence-electron chi connectivity index (χ2n) is 2.91. The van der Waals surface area contributed by atoms with Crippen LogP contribution in [0.15, 0.2) is 26.8 Å². The fourth-order valence-electron chi connectivity index (χ4n) is 1.12. The fourth-order valence-corrected chi connectivity index (χ4v) is 2.67. The third-order valence-electron chi connectivity index (χ3n) is 1.62. The van der Waals surface area contributed by atoms with Crippen molar-refractivity contribution in [1.29, 1.82) is 0 Å². The Hall–Kier alpha value is -0.480. The molecule has 0 spiro atoms. The van der Waals surface area contributed by atoms with Gasteiger partial charge in [0, 0.05) is 5.70 Å². The molecule has 76 valence electrons. The largest absolute Gasteiger partial charge is 0.494 e. The first kappa shape index (κ1) is 11.6. The van der Waals surface area contributed by atoms with Crippen molar-refractivity contribution in [3.05, 3.63) is 32.3 Å². The zero-order valence-corrected chi connectivity index (χ0v) is 11.1. The number of nitrogens with two attached hydrogens (primary N) is 1. The lowest BCUT2D eigenvalue weighted by atomic mass is 10.2. The highest BCUT2D eigenvalue weighted by Crippen LogP contribution is 2.34. The third-order valence-corrected chi connectivity index (χ3v) is 2.80. The molecule has 0 radical (unpaired) electrons. The number of halogens is 2. The van der Waals surface area contributed by atoms with Crippen LogP contribution in [0, 0.1) is 0 Å². The molecule has 0 aliphatic heterocycles. The van der Waals surface area contributed by atoms with E-state index in [9.17, 15) is 0 Å². The summed E-state index contributed by atoms with van der Waals surface area (Å²) in [6.07, 6.45) is 1.90. The highest BCUT2D eigenvalue weighted by atomic mass is 79.9. The van der Waals surface area contributed by atoms with Crippen molar-refractivity contribution < 1.29 is 4.74 Å². The van der Waals surface area contributed by atoms with E-state index in [1.165, 1.54) is 0 Å². The van der Waals surface area contributed by atoms with E-state index in [0.29, 0.717) is 0 Å². The smallest absolute Gasteiger partial charge is 0.147 e. The number of ether oxygens (including phenoxy) is 1. The van der Waals surface area contributed by atoms with Gasteiger partial charge >= 0.3 is 0 Å². The maximum absolute atomic E-state index is 5.59. The zero-order chi connectivity index (χ0) is 10.7. The van der Waals surface area contributed by atoms with Crippen molar-refractivity contribution in [3.63, 3.8) is 0 Å². The average Bonchev–Trinajstić information content (AvgIpc) is 2.01. The highest BCUT2D eigenvalue weighted by molar-refractivity contribution is 9.11. The van der Waals surface area contributed by atoms with Gasteiger partial charge in [0.1, 0.15) is 5.75 Å². The molecular formula is C10H11Br2NO. The minimum absolute atomic E-state index is 0.772. The summed E-state index contributed by atoms with van der Waals surface area (Å²) in [5.41, 5.74) is 7.40. The van der Waals surface area contributed by atoms with Gasteiger partial charge in [-0.2, -0.15) is 0 Å². The predicted octanol–water partition coefficient (Wildman–Crippen LogP) is 3.54. The summed E-state index contributed by atoms with van der Waals surface area (Å²) in [7, 11) is 1.63. The first-order chi connectivity index (χ1) is 6.54. The summed E-state index contributed by atoms with van der Waals surface area (Å²) in [5.74, 6) is 0.789. The van der Waals surface area contributed by atoms with Crippen LogP contribution in [0.25, 0.3) is 6.08 Å². The quantitative estimate of drug-likeness (QED) is 0.904. The van der Waals surface area contributed by atoms with E-state index >= 15 is 0 Å². The van der Waals surface area contributed by atoms with Crippen molar-refractivity contribution in [2.75, 3.05) is 7.11 Å². The molecule has 0 atom stereocenters. The number of methoxy groups -OCH3 is 1. The molecule has 0 heterocycles. The van der Waals surface area contributed by atoms with Crippen molar-refractivity contribution in [3.8, 4) is 5.75 Å². The maximum atomic E-state index is 5.59. The fraction of sp³-hybridized carbons (Fsp3) is 0.200. The van der Waals surface area contributed by atoms with Crippen LogP contribution in [0.3, 0.4) is 0 Å². The van der Waals surface area contributed by atoms with Crippen LogP contribution >= 0.6 is 31.9 Å². The van der Waals surface area contributed by atoms with Crippen molar-refractivity contribution >= 4 is 37.9 Å². The Labute approximate surface area is 100 Å². The predicted molar refractivity (Wildman–Crippen MR) is 66.2 cm³/mol. The first-order valence-electron chi connectivity index (χ1n) is 4.01. The molecule has 0 unspecified atom stereocenters. The van der Waals surface area contributed by atoms with E-state index in [4.69, 9.17) is 10.5 Å². The molecule has 0 amide bonds. The Bertz CT molecular complexity index is 347. The van der Waals surface area contributed by atoms with Gasteiger partial charge in [0.05, 0.1) is 16.1 Å². The maximum Gasteiger partial charge on any atom is 0.147 e. The lowest BCUT2D eigenvalue weighted by molar-refractivity contribution is 0.409. The van der Waals surface area contributed by atoms with E-state index in [0.717, 1.165) is 26.0 Å². The summed E-state index contributed by atoms with van der Waals surface area (Å²) in [6.45, 7) is 1.85. The Morgan fingerprint density at radius 3 is 2.21 bits per heavy atom. The number of allylic oxidation sites excluding steroid dienone is 1. The molecule has 0 aromatic heterocycles. The summed E-state index contributed by atoms with van der Waals surface area (Å²) in [4.78, 5) is 0. The van der Waals surface area contributed by atoms with Crippen molar-refractivity contribution in [2.45, 2.75) is 6.92 Å². The van der Waals surface area contributed by atoms with Crippen LogP contribution in [0.2, 0.25) is 0 Å². The monoisotopic (exact) mass is 319 g/mol. The van der Waals surface area contributed by atoms with Gasteiger partial charge in [-0.05, 0) is 62.6 Å². The van der Waals surface area contributed by atoms with Gasteiger partial charge in [-0.3, -0.25) is 0 Å². The molecule has 2 nitrogen and oxygen atoms in total. The minimum atomic E-state index is 0.772.